The summed E-state index contributed by atoms with van der Waals surface area (Å²) in [7, 11) is 0. The summed E-state index contributed by atoms with van der Waals surface area (Å²) in [6, 6.07) is 7.78. The van der Waals surface area contributed by atoms with E-state index in [1.807, 2.05) is 31.2 Å². The van der Waals surface area contributed by atoms with E-state index < -0.39 is 0 Å². The van der Waals surface area contributed by atoms with Gasteiger partial charge in [0, 0.05) is 22.6 Å². The summed E-state index contributed by atoms with van der Waals surface area (Å²) in [6.45, 7) is 2.65. The predicted octanol–water partition coefficient (Wildman–Crippen LogP) is 3.65. The molecule has 1 aromatic carbocycles. The molecule has 0 bridgehead atoms. The number of halogens is 1. The van der Waals surface area contributed by atoms with E-state index in [4.69, 9.17) is 0 Å². The van der Waals surface area contributed by atoms with Crippen LogP contribution < -0.4 is 0 Å². The Balaban J connectivity index is 2.10. The van der Waals surface area contributed by atoms with Crippen molar-refractivity contribution in [2.75, 3.05) is 13.2 Å². The molecule has 1 unspecified atom stereocenters. The lowest BCUT2D eigenvalue weighted by molar-refractivity contribution is 0.0628. The average Bonchev–Trinajstić information content (AvgIpc) is 2.53. The Kier molecular flexibility index (Phi) is 6.40. The highest BCUT2D eigenvalue weighted by Gasteiger charge is 2.29. The number of benzene rings is 1. The zero-order chi connectivity index (χ0) is 15.2. The summed E-state index contributed by atoms with van der Waals surface area (Å²) in [5, 5.41) is 9.35. The van der Waals surface area contributed by atoms with Crippen molar-refractivity contribution in [1.82, 2.24) is 4.90 Å². The van der Waals surface area contributed by atoms with E-state index >= 15 is 0 Å². The van der Waals surface area contributed by atoms with Gasteiger partial charge in [-0.05, 0) is 31.9 Å². The summed E-state index contributed by atoms with van der Waals surface area (Å²) < 4.78 is 0.978. The van der Waals surface area contributed by atoms with Gasteiger partial charge < -0.3 is 5.11 Å². The fourth-order valence-electron chi connectivity index (χ4n) is 3.23. The molecule has 116 valence electrons. The largest absolute Gasteiger partial charge is 0.395 e. The SMILES string of the molecule is CC(C(=O)c1ccc(Br)cc1)N(CCO)C1CCCCC1. The number of aliphatic hydroxyl groups excluding tert-OH is 1. The van der Waals surface area contributed by atoms with Gasteiger partial charge in [0.15, 0.2) is 5.78 Å². The first-order chi connectivity index (χ1) is 10.1. The minimum atomic E-state index is -0.179. The maximum atomic E-state index is 12.7. The van der Waals surface area contributed by atoms with Crippen LogP contribution in [-0.4, -0.2) is 41.0 Å². The molecule has 2 rings (SSSR count). The molecular formula is C17H24BrNO2. The second kappa shape index (κ2) is 8.06. The summed E-state index contributed by atoms with van der Waals surface area (Å²) in [4.78, 5) is 14.9. The van der Waals surface area contributed by atoms with Crippen LogP contribution >= 0.6 is 15.9 Å². The van der Waals surface area contributed by atoms with Crippen molar-refractivity contribution in [2.45, 2.75) is 51.1 Å². The number of hydrogen-bond acceptors (Lipinski definition) is 3. The molecule has 0 amide bonds. The van der Waals surface area contributed by atoms with Crippen LogP contribution in [0.25, 0.3) is 0 Å². The molecule has 1 saturated carbocycles. The molecule has 0 aromatic heterocycles. The van der Waals surface area contributed by atoms with Crippen LogP contribution in [0.4, 0.5) is 0 Å². The molecule has 1 fully saturated rings. The van der Waals surface area contributed by atoms with Gasteiger partial charge in [0.25, 0.3) is 0 Å². The lowest BCUT2D eigenvalue weighted by atomic mass is 9.92. The van der Waals surface area contributed by atoms with E-state index in [-0.39, 0.29) is 18.4 Å². The van der Waals surface area contributed by atoms with E-state index in [2.05, 4.69) is 20.8 Å². The van der Waals surface area contributed by atoms with Gasteiger partial charge in [-0.15, -0.1) is 0 Å². The van der Waals surface area contributed by atoms with Crippen LogP contribution in [0, 0.1) is 0 Å². The van der Waals surface area contributed by atoms with Gasteiger partial charge >= 0.3 is 0 Å². The number of carbonyl (C=O) groups excluding carboxylic acids is 1. The molecular weight excluding hydrogens is 330 g/mol. The van der Waals surface area contributed by atoms with Crippen LogP contribution in [0.1, 0.15) is 49.4 Å². The molecule has 0 spiro atoms. The first-order valence-electron chi connectivity index (χ1n) is 7.80. The zero-order valence-corrected chi connectivity index (χ0v) is 14.2. The lowest BCUT2D eigenvalue weighted by Gasteiger charge is -2.37. The molecule has 1 aliphatic carbocycles. The maximum Gasteiger partial charge on any atom is 0.179 e. The predicted molar refractivity (Wildman–Crippen MR) is 88.6 cm³/mol. The van der Waals surface area contributed by atoms with Gasteiger partial charge in [-0.2, -0.15) is 0 Å². The van der Waals surface area contributed by atoms with Gasteiger partial charge in [0.1, 0.15) is 0 Å². The Bertz CT molecular complexity index is 454. The van der Waals surface area contributed by atoms with Crippen LogP contribution in [-0.2, 0) is 0 Å². The monoisotopic (exact) mass is 353 g/mol. The van der Waals surface area contributed by atoms with E-state index in [0.717, 1.165) is 22.9 Å². The smallest absolute Gasteiger partial charge is 0.179 e. The van der Waals surface area contributed by atoms with Gasteiger partial charge in [0.05, 0.1) is 12.6 Å². The Morgan fingerprint density at radius 2 is 1.90 bits per heavy atom. The van der Waals surface area contributed by atoms with E-state index in [1.54, 1.807) is 0 Å². The Labute approximate surface area is 135 Å². The zero-order valence-electron chi connectivity index (χ0n) is 12.6. The third-order valence-corrected chi connectivity index (χ3v) is 4.94. The molecule has 1 N–H and O–H groups in total. The maximum absolute atomic E-state index is 12.7. The van der Waals surface area contributed by atoms with Crippen molar-refractivity contribution in [3.8, 4) is 0 Å². The number of hydrogen-bond donors (Lipinski definition) is 1. The second-order valence-corrected chi connectivity index (χ2v) is 6.72. The number of nitrogens with zero attached hydrogens (tertiary/aromatic N) is 1. The summed E-state index contributed by atoms with van der Waals surface area (Å²) in [6.07, 6.45) is 6.02. The Morgan fingerprint density at radius 1 is 1.29 bits per heavy atom. The number of ketones is 1. The van der Waals surface area contributed by atoms with E-state index in [9.17, 15) is 9.90 Å². The van der Waals surface area contributed by atoms with Crippen molar-refractivity contribution in [3.63, 3.8) is 0 Å². The Morgan fingerprint density at radius 3 is 2.48 bits per heavy atom. The van der Waals surface area contributed by atoms with Crippen molar-refractivity contribution < 1.29 is 9.90 Å². The standard InChI is InChI=1S/C17H24BrNO2/c1-13(17(21)14-7-9-15(18)10-8-14)19(11-12-20)16-5-3-2-4-6-16/h7-10,13,16,20H,2-6,11-12H2,1H3. The number of Topliss-reactive ketones (excluding diaryl/α,β-unsaturated/α-hetero) is 1. The fourth-order valence-corrected chi connectivity index (χ4v) is 3.49. The highest BCUT2D eigenvalue weighted by Crippen LogP contribution is 2.25. The first kappa shape index (κ1) is 16.7. The molecule has 4 heteroatoms. The average molecular weight is 354 g/mol. The van der Waals surface area contributed by atoms with Crippen molar-refractivity contribution in [3.05, 3.63) is 34.3 Å². The van der Waals surface area contributed by atoms with Crippen LogP contribution in [0.2, 0.25) is 0 Å². The number of rotatable bonds is 6. The summed E-state index contributed by atoms with van der Waals surface area (Å²) >= 11 is 3.39. The highest BCUT2D eigenvalue weighted by molar-refractivity contribution is 9.10. The lowest BCUT2D eigenvalue weighted by Crippen LogP contribution is -2.47. The molecule has 21 heavy (non-hydrogen) atoms. The molecule has 0 saturated heterocycles. The third-order valence-electron chi connectivity index (χ3n) is 4.41. The first-order valence-corrected chi connectivity index (χ1v) is 8.59. The van der Waals surface area contributed by atoms with Crippen molar-refractivity contribution in [2.24, 2.45) is 0 Å². The molecule has 0 radical (unpaired) electrons. The molecule has 1 aliphatic rings. The minimum Gasteiger partial charge on any atom is -0.395 e. The topological polar surface area (TPSA) is 40.5 Å². The highest BCUT2D eigenvalue weighted by atomic mass is 79.9. The van der Waals surface area contributed by atoms with Crippen LogP contribution in [0.15, 0.2) is 28.7 Å². The van der Waals surface area contributed by atoms with Gasteiger partial charge in [0.2, 0.25) is 0 Å². The quantitative estimate of drug-likeness (QED) is 0.793. The molecule has 1 atom stereocenters. The normalized spacial score (nSPS) is 17.9. The summed E-state index contributed by atoms with van der Waals surface area (Å²) in [5.74, 6) is 0.140. The van der Waals surface area contributed by atoms with E-state index in [0.29, 0.717) is 12.6 Å². The van der Waals surface area contributed by atoms with Gasteiger partial charge in [-0.3, -0.25) is 9.69 Å². The fraction of sp³-hybridized carbons (Fsp3) is 0.588. The number of aliphatic hydroxyl groups is 1. The molecule has 1 aromatic rings. The molecule has 3 nitrogen and oxygen atoms in total. The molecule has 0 heterocycles. The van der Waals surface area contributed by atoms with Crippen molar-refractivity contribution in [1.29, 1.82) is 0 Å². The number of carbonyl (C=O) groups is 1. The molecule has 0 aliphatic heterocycles. The summed E-state index contributed by atoms with van der Waals surface area (Å²) in [5.41, 5.74) is 0.740. The van der Waals surface area contributed by atoms with Crippen LogP contribution in [0.3, 0.4) is 0 Å². The van der Waals surface area contributed by atoms with Gasteiger partial charge in [-0.25, -0.2) is 0 Å². The third kappa shape index (κ3) is 4.38. The van der Waals surface area contributed by atoms with Gasteiger partial charge in [-0.1, -0.05) is 47.3 Å². The Hall–Kier alpha value is -0.710. The minimum absolute atomic E-state index is 0.106. The van der Waals surface area contributed by atoms with Crippen LogP contribution in [0.5, 0.6) is 0 Å². The van der Waals surface area contributed by atoms with Crippen molar-refractivity contribution >= 4 is 21.7 Å². The second-order valence-electron chi connectivity index (χ2n) is 5.80. The van der Waals surface area contributed by atoms with E-state index in [1.165, 1.54) is 19.3 Å².